The first-order valence-corrected chi connectivity index (χ1v) is 6.51. The van der Waals surface area contributed by atoms with Gasteiger partial charge in [-0.15, -0.1) is 0 Å². The number of nitro groups is 1. The van der Waals surface area contributed by atoms with E-state index >= 15 is 0 Å². The van der Waals surface area contributed by atoms with Crippen LogP contribution < -0.4 is 5.32 Å². The first kappa shape index (κ1) is 14.2. The standard InChI is InChI=1S/C13H13ClN4O2/c1-2-5-9-6-3-4-7-10(9)17-13-11(18(19)20)12(14)15-8-16-13/h3-4,6-8H,2,5H2,1H3,(H,15,16,17). The molecule has 2 rings (SSSR count). The van der Waals surface area contributed by atoms with E-state index in [1.165, 1.54) is 6.33 Å². The van der Waals surface area contributed by atoms with E-state index in [-0.39, 0.29) is 16.7 Å². The summed E-state index contributed by atoms with van der Waals surface area (Å²) in [7, 11) is 0. The van der Waals surface area contributed by atoms with E-state index in [4.69, 9.17) is 11.6 Å². The van der Waals surface area contributed by atoms with E-state index in [0.29, 0.717) is 0 Å². The molecule has 0 aliphatic heterocycles. The molecule has 0 fully saturated rings. The Morgan fingerprint density at radius 1 is 1.35 bits per heavy atom. The molecule has 1 heterocycles. The topological polar surface area (TPSA) is 81.0 Å². The monoisotopic (exact) mass is 292 g/mol. The Hall–Kier alpha value is -2.21. The van der Waals surface area contributed by atoms with Crippen molar-refractivity contribution in [2.45, 2.75) is 19.8 Å². The third kappa shape index (κ3) is 3.03. The van der Waals surface area contributed by atoms with Gasteiger partial charge in [-0.1, -0.05) is 43.1 Å². The molecule has 1 aromatic heterocycles. The van der Waals surface area contributed by atoms with Crippen molar-refractivity contribution in [2.24, 2.45) is 0 Å². The van der Waals surface area contributed by atoms with Crippen molar-refractivity contribution in [3.05, 3.63) is 51.4 Å². The van der Waals surface area contributed by atoms with Crippen LogP contribution in [0.1, 0.15) is 18.9 Å². The van der Waals surface area contributed by atoms with Crippen LogP contribution in [0, 0.1) is 10.1 Å². The minimum Gasteiger partial charge on any atom is -0.334 e. The summed E-state index contributed by atoms with van der Waals surface area (Å²) in [6, 6.07) is 7.61. The second-order valence-electron chi connectivity index (χ2n) is 4.15. The quantitative estimate of drug-likeness (QED) is 0.516. The van der Waals surface area contributed by atoms with Crippen LogP contribution in [0.15, 0.2) is 30.6 Å². The Morgan fingerprint density at radius 3 is 2.80 bits per heavy atom. The summed E-state index contributed by atoms with van der Waals surface area (Å²) in [5.74, 6) is 0.0959. The fraction of sp³-hybridized carbons (Fsp3) is 0.231. The summed E-state index contributed by atoms with van der Waals surface area (Å²) < 4.78 is 0. The average molecular weight is 293 g/mol. The van der Waals surface area contributed by atoms with E-state index in [2.05, 4.69) is 22.2 Å². The van der Waals surface area contributed by atoms with Gasteiger partial charge in [0.15, 0.2) is 0 Å². The Labute approximate surface area is 121 Å². The molecule has 7 heteroatoms. The Kier molecular flexibility index (Phi) is 4.47. The van der Waals surface area contributed by atoms with Crippen LogP contribution in [0.3, 0.4) is 0 Å². The first-order valence-electron chi connectivity index (χ1n) is 6.13. The number of hydrogen-bond donors (Lipinski definition) is 1. The minimum atomic E-state index is -0.590. The molecule has 0 saturated carbocycles. The predicted molar refractivity (Wildman–Crippen MR) is 77.4 cm³/mol. The fourth-order valence-corrected chi connectivity index (χ4v) is 2.07. The number of nitrogens with one attached hydrogen (secondary N) is 1. The lowest BCUT2D eigenvalue weighted by atomic mass is 10.1. The Bertz CT molecular complexity index is 634. The molecule has 0 radical (unpaired) electrons. The largest absolute Gasteiger partial charge is 0.348 e. The lowest BCUT2D eigenvalue weighted by molar-refractivity contribution is -0.384. The number of benzene rings is 1. The smallest absolute Gasteiger partial charge is 0.334 e. The van der Waals surface area contributed by atoms with Gasteiger partial charge in [0.2, 0.25) is 11.0 Å². The van der Waals surface area contributed by atoms with Crippen molar-refractivity contribution >= 4 is 28.8 Å². The highest BCUT2D eigenvalue weighted by atomic mass is 35.5. The summed E-state index contributed by atoms with van der Waals surface area (Å²) in [5.41, 5.74) is 1.53. The first-order chi connectivity index (χ1) is 9.63. The molecule has 0 aliphatic carbocycles. The maximum atomic E-state index is 11.0. The lowest BCUT2D eigenvalue weighted by Gasteiger charge is -2.10. The van der Waals surface area contributed by atoms with Gasteiger partial charge in [-0.3, -0.25) is 10.1 Å². The Balaban J connectivity index is 2.40. The van der Waals surface area contributed by atoms with Gasteiger partial charge in [-0.2, -0.15) is 0 Å². The summed E-state index contributed by atoms with van der Waals surface area (Å²) in [4.78, 5) is 18.0. The van der Waals surface area contributed by atoms with Gasteiger partial charge >= 0.3 is 5.69 Å². The van der Waals surface area contributed by atoms with Gasteiger partial charge < -0.3 is 5.32 Å². The molecule has 0 atom stereocenters. The highest BCUT2D eigenvalue weighted by Gasteiger charge is 2.22. The predicted octanol–water partition coefficient (Wildman–Crippen LogP) is 3.73. The molecule has 20 heavy (non-hydrogen) atoms. The second kappa shape index (κ2) is 6.29. The summed E-state index contributed by atoms with van der Waals surface area (Å²) >= 11 is 5.76. The maximum absolute atomic E-state index is 11.0. The molecule has 104 valence electrons. The zero-order valence-electron chi connectivity index (χ0n) is 10.8. The molecule has 0 spiro atoms. The van der Waals surface area contributed by atoms with Crippen LogP contribution in [0.2, 0.25) is 5.15 Å². The Morgan fingerprint density at radius 2 is 2.10 bits per heavy atom. The van der Waals surface area contributed by atoms with Gasteiger partial charge in [-0.05, 0) is 18.1 Å². The van der Waals surface area contributed by atoms with Gasteiger partial charge in [0.25, 0.3) is 0 Å². The number of anilines is 2. The van der Waals surface area contributed by atoms with Crippen molar-refractivity contribution in [1.82, 2.24) is 9.97 Å². The molecule has 0 amide bonds. The molecule has 0 aliphatic rings. The van der Waals surface area contributed by atoms with Crippen molar-refractivity contribution in [2.75, 3.05) is 5.32 Å². The summed E-state index contributed by atoms with van der Waals surface area (Å²) in [6.07, 6.45) is 3.04. The van der Waals surface area contributed by atoms with E-state index < -0.39 is 4.92 Å². The van der Waals surface area contributed by atoms with E-state index in [0.717, 1.165) is 24.1 Å². The molecule has 2 aromatic rings. The number of aromatic nitrogens is 2. The maximum Gasteiger partial charge on any atom is 0.348 e. The van der Waals surface area contributed by atoms with Gasteiger partial charge in [0, 0.05) is 5.69 Å². The summed E-state index contributed by atoms with van der Waals surface area (Å²) in [6.45, 7) is 2.07. The van der Waals surface area contributed by atoms with E-state index in [1.54, 1.807) is 0 Å². The zero-order chi connectivity index (χ0) is 14.5. The SMILES string of the molecule is CCCc1ccccc1Nc1ncnc(Cl)c1[N+](=O)[O-]. The number of rotatable bonds is 5. The van der Waals surface area contributed by atoms with E-state index in [1.807, 2.05) is 24.3 Å². The molecule has 0 unspecified atom stereocenters. The third-order valence-corrected chi connectivity index (χ3v) is 3.03. The number of hydrogen-bond acceptors (Lipinski definition) is 5. The normalized spacial score (nSPS) is 10.3. The summed E-state index contributed by atoms with van der Waals surface area (Å²) in [5, 5.41) is 13.8. The highest BCUT2D eigenvalue weighted by Crippen LogP contribution is 2.31. The fourth-order valence-electron chi connectivity index (χ4n) is 1.87. The van der Waals surface area contributed by atoms with Crippen molar-refractivity contribution in [3.8, 4) is 0 Å². The molecule has 6 nitrogen and oxygen atoms in total. The molecule has 0 saturated heterocycles. The van der Waals surface area contributed by atoms with Gasteiger partial charge in [0.05, 0.1) is 4.92 Å². The lowest BCUT2D eigenvalue weighted by Crippen LogP contribution is -2.03. The van der Waals surface area contributed by atoms with Gasteiger partial charge in [0.1, 0.15) is 6.33 Å². The molecule has 0 bridgehead atoms. The molecule has 1 aromatic carbocycles. The number of aryl methyl sites for hydroxylation is 1. The average Bonchev–Trinajstić information content (AvgIpc) is 2.41. The number of nitrogens with zero attached hydrogens (tertiary/aromatic N) is 3. The number of para-hydroxylation sites is 1. The third-order valence-electron chi connectivity index (χ3n) is 2.75. The second-order valence-corrected chi connectivity index (χ2v) is 4.51. The minimum absolute atomic E-state index is 0.0959. The molecular formula is C13H13ClN4O2. The van der Waals surface area contributed by atoms with Crippen LogP contribution in [0.4, 0.5) is 17.2 Å². The molecular weight excluding hydrogens is 280 g/mol. The zero-order valence-corrected chi connectivity index (χ0v) is 11.6. The van der Waals surface area contributed by atoms with Crippen LogP contribution in [0.5, 0.6) is 0 Å². The van der Waals surface area contributed by atoms with Crippen molar-refractivity contribution in [1.29, 1.82) is 0 Å². The van der Waals surface area contributed by atoms with Crippen LogP contribution >= 0.6 is 11.6 Å². The molecule has 1 N–H and O–H groups in total. The van der Waals surface area contributed by atoms with Crippen LogP contribution in [0.25, 0.3) is 0 Å². The van der Waals surface area contributed by atoms with Gasteiger partial charge in [-0.25, -0.2) is 9.97 Å². The number of halogens is 1. The van der Waals surface area contributed by atoms with Crippen molar-refractivity contribution in [3.63, 3.8) is 0 Å². The van der Waals surface area contributed by atoms with E-state index in [9.17, 15) is 10.1 Å². The highest BCUT2D eigenvalue weighted by molar-refractivity contribution is 6.31. The van der Waals surface area contributed by atoms with Crippen LogP contribution in [-0.2, 0) is 6.42 Å². The van der Waals surface area contributed by atoms with Crippen molar-refractivity contribution < 1.29 is 4.92 Å². The van der Waals surface area contributed by atoms with Crippen LogP contribution in [-0.4, -0.2) is 14.9 Å².